The van der Waals surface area contributed by atoms with Gasteiger partial charge in [0.2, 0.25) is 0 Å². The number of aromatic nitrogens is 2. The number of hydrogen-bond donors (Lipinski definition) is 1. The third kappa shape index (κ3) is 3.71. The fraction of sp³-hybridized carbons (Fsp3) is 0.333. The second-order valence-electron chi connectivity index (χ2n) is 7.94. The highest BCUT2D eigenvalue weighted by molar-refractivity contribution is 5.75. The molecule has 0 aliphatic carbocycles. The lowest BCUT2D eigenvalue weighted by Gasteiger charge is -2.35. The van der Waals surface area contributed by atoms with Crippen LogP contribution in [-0.2, 0) is 13.0 Å². The average molecular weight is 402 g/mol. The number of benzene rings is 1. The molecule has 0 spiro atoms. The van der Waals surface area contributed by atoms with Gasteiger partial charge in [0.05, 0.1) is 6.61 Å². The highest BCUT2D eigenvalue weighted by Gasteiger charge is 2.23. The largest absolute Gasteiger partial charge is 0.492 e. The van der Waals surface area contributed by atoms with E-state index in [9.17, 15) is 0 Å². The third-order valence-corrected chi connectivity index (χ3v) is 6.00. The number of nitrogens with one attached hydrogen (secondary N) is 1. The third-order valence-electron chi connectivity index (χ3n) is 6.00. The van der Waals surface area contributed by atoms with E-state index in [2.05, 4.69) is 51.4 Å². The summed E-state index contributed by atoms with van der Waals surface area (Å²) in [6.45, 7) is 5.78. The van der Waals surface area contributed by atoms with Crippen LogP contribution in [0.4, 0.5) is 11.5 Å². The van der Waals surface area contributed by atoms with E-state index < -0.39 is 0 Å². The van der Waals surface area contributed by atoms with Gasteiger partial charge in [-0.15, -0.1) is 0 Å². The molecule has 1 saturated heterocycles. The fourth-order valence-corrected chi connectivity index (χ4v) is 4.27. The highest BCUT2D eigenvalue weighted by Crippen LogP contribution is 2.39. The summed E-state index contributed by atoms with van der Waals surface area (Å²) < 4.78 is 5.99. The van der Waals surface area contributed by atoms with Crippen molar-refractivity contribution in [2.45, 2.75) is 13.0 Å². The topological polar surface area (TPSA) is 53.5 Å². The van der Waals surface area contributed by atoms with Crippen LogP contribution in [0.25, 0.3) is 11.1 Å². The number of nitrogens with zero attached hydrogens (tertiary/aromatic N) is 4. The van der Waals surface area contributed by atoms with E-state index in [4.69, 9.17) is 9.72 Å². The molecule has 154 valence electrons. The number of ether oxygens (including phenoxy) is 1. The van der Waals surface area contributed by atoms with Crippen LogP contribution < -0.4 is 15.0 Å². The smallest absolute Gasteiger partial charge is 0.135 e. The fourth-order valence-electron chi connectivity index (χ4n) is 4.27. The summed E-state index contributed by atoms with van der Waals surface area (Å²) in [5, 5.41) is 3.59. The van der Waals surface area contributed by atoms with Crippen molar-refractivity contribution in [3.63, 3.8) is 0 Å². The molecule has 0 bridgehead atoms. The van der Waals surface area contributed by atoms with E-state index in [1.54, 1.807) is 12.4 Å². The van der Waals surface area contributed by atoms with Gasteiger partial charge in [0.1, 0.15) is 11.6 Å². The van der Waals surface area contributed by atoms with Gasteiger partial charge in [-0.25, -0.2) is 4.98 Å². The van der Waals surface area contributed by atoms with Crippen molar-refractivity contribution < 1.29 is 4.74 Å². The Morgan fingerprint density at radius 2 is 1.83 bits per heavy atom. The number of fused-ring (bicyclic) bond motifs is 1. The van der Waals surface area contributed by atoms with Crippen LogP contribution in [0.1, 0.15) is 11.1 Å². The Hall–Kier alpha value is -3.12. The Bertz CT molecular complexity index is 1020. The number of para-hydroxylation sites is 1. The molecule has 2 aliphatic heterocycles. The molecule has 5 rings (SSSR count). The van der Waals surface area contributed by atoms with Gasteiger partial charge in [0.25, 0.3) is 0 Å². The maximum Gasteiger partial charge on any atom is 0.135 e. The van der Waals surface area contributed by atoms with Crippen molar-refractivity contribution >= 4 is 11.5 Å². The van der Waals surface area contributed by atoms with Crippen molar-refractivity contribution in [2.24, 2.45) is 0 Å². The molecule has 3 aromatic rings. The molecular weight excluding hydrogens is 374 g/mol. The molecular formula is C24H27N5O. The van der Waals surface area contributed by atoms with Crippen molar-refractivity contribution in [3.05, 3.63) is 66.1 Å². The molecule has 0 amide bonds. The van der Waals surface area contributed by atoms with E-state index in [0.29, 0.717) is 6.61 Å². The van der Waals surface area contributed by atoms with E-state index >= 15 is 0 Å². The van der Waals surface area contributed by atoms with Gasteiger partial charge in [-0.1, -0.05) is 18.2 Å². The summed E-state index contributed by atoms with van der Waals surface area (Å²) in [7, 11) is 2.19. The standard InChI is InChI=1S/C24H27N5O/c1-28-11-13-29(14-12-28)22-5-3-2-4-19(22)16-26-24-20-8-15-30-23(20)21(17-27-24)18-6-9-25-10-7-18/h2-7,9-10,17H,8,11-16H2,1H3,(H,26,27). The summed E-state index contributed by atoms with van der Waals surface area (Å²) in [6.07, 6.45) is 6.40. The Morgan fingerprint density at radius 3 is 2.67 bits per heavy atom. The van der Waals surface area contributed by atoms with Gasteiger partial charge < -0.3 is 19.9 Å². The van der Waals surface area contributed by atoms with E-state index in [0.717, 1.165) is 61.8 Å². The molecule has 6 heteroatoms. The quantitative estimate of drug-likeness (QED) is 0.707. The van der Waals surface area contributed by atoms with Crippen LogP contribution in [0.5, 0.6) is 5.75 Å². The summed E-state index contributed by atoms with van der Waals surface area (Å²) >= 11 is 0. The number of rotatable bonds is 5. The lowest BCUT2D eigenvalue weighted by atomic mass is 10.0. The minimum Gasteiger partial charge on any atom is -0.492 e. The van der Waals surface area contributed by atoms with Crippen molar-refractivity contribution in [2.75, 3.05) is 50.1 Å². The first-order valence-electron chi connectivity index (χ1n) is 10.6. The number of anilines is 2. The molecule has 1 N–H and O–H groups in total. The summed E-state index contributed by atoms with van der Waals surface area (Å²) in [5.74, 6) is 1.87. The maximum absolute atomic E-state index is 5.99. The van der Waals surface area contributed by atoms with Gasteiger partial charge in [-0.3, -0.25) is 4.98 Å². The summed E-state index contributed by atoms with van der Waals surface area (Å²) in [5.41, 5.74) is 5.91. The minimum absolute atomic E-state index is 0.700. The SMILES string of the molecule is CN1CCN(c2ccccc2CNc2ncc(-c3ccncc3)c3c2CCO3)CC1. The van der Waals surface area contributed by atoms with Crippen LogP contribution in [0.2, 0.25) is 0 Å². The van der Waals surface area contributed by atoms with Crippen molar-refractivity contribution in [1.29, 1.82) is 0 Å². The lowest BCUT2D eigenvalue weighted by Crippen LogP contribution is -2.44. The first-order valence-corrected chi connectivity index (χ1v) is 10.6. The van der Waals surface area contributed by atoms with Gasteiger partial charge in [0.15, 0.2) is 0 Å². The van der Waals surface area contributed by atoms with Crippen LogP contribution in [0.15, 0.2) is 55.0 Å². The number of hydrogen-bond acceptors (Lipinski definition) is 6. The molecule has 0 saturated carbocycles. The Labute approximate surface area is 177 Å². The molecule has 0 unspecified atom stereocenters. The predicted molar refractivity (Wildman–Crippen MR) is 120 cm³/mol. The first kappa shape index (κ1) is 18.9. The molecule has 0 radical (unpaired) electrons. The van der Waals surface area contributed by atoms with Crippen LogP contribution >= 0.6 is 0 Å². The summed E-state index contributed by atoms with van der Waals surface area (Å²) in [4.78, 5) is 13.8. The highest BCUT2D eigenvalue weighted by atomic mass is 16.5. The number of piperazine rings is 1. The molecule has 2 aromatic heterocycles. The van der Waals surface area contributed by atoms with Crippen LogP contribution in [0.3, 0.4) is 0 Å². The Morgan fingerprint density at radius 1 is 1.03 bits per heavy atom. The lowest BCUT2D eigenvalue weighted by molar-refractivity contribution is 0.312. The Balaban J connectivity index is 1.37. The minimum atomic E-state index is 0.700. The van der Waals surface area contributed by atoms with Crippen LogP contribution in [0, 0.1) is 0 Å². The van der Waals surface area contributed by atoms with E-state index in [-0.39, 0.29) is 0 Å². The molecule has 6 nitrogen and oxygen atoms in total. The van der Waals surface area contributed by atoms with E-state index in [1.165, 1.54) is 16.8 Å². The van der Waals surface area contributed by atoms with Gasteiger partial charge in [-0.2, -0.15) is 0 Å². The molecule has 1 fully saturated rings. The Kier molecular flexibility index (Phi) is 5.24. The average Bonchev–Trinajstić information content (AvgIpc) is 3.29. The molecule has 0 atom stereocenters. The zero-order valence-electron chi connectivity index (χ0n) is 17.3. The monoisotopic (exact) mass is 401 g/mol. The molecule has 1 aromatic carbocycles. The molecule has 2 aliphatic rings. The summed E-state index contributed by atoms with van der Waals surface area (Å²) in [6, 6.07) is 12.7. The number of pyridine rings is 2. The van der Waals surface area contributed by atoms with Crippen LogP contribution in [-0.4, -0.2) is 54.7 Å². The van der Waals surface area contributed by atoms with Crippen molar-refractivity contribution in [3.8, 4) is 16.9 Å². The molecule has 30 heavy (non-hydrogen) atoms. The predicted octanol–water partition coefficient (Wildman–Crippen LogP) is 3.44. The zero-order chi connectivity index (χ0) is 20.3. The first-order chi connectivity index (χ1) is 14.8. The number of likely N-dealkylation sites (N-methyl/N-ethyl adjacent to an activating group) is 1. The van der Waals surface area contributed by atoms with Crippen molar-refractivity contribution in [1.82, 2.24) is 14.9 Å². The van der Waals surface area contributed by atoms with Gasteiger partial charge in [0, 0.05) is 74.5 Å². The normalized spacial score (nSPS) is 16.2. The van der Waals surface area contributed by atoms with Gasteiger partial charge >= 0.3 is 0 Å². The maximum atomic E-state index is 5.99. The van der Waals surface area contributed by atoms with E-state index in [1.807, 2.05) is 18.3 Å². The zero-order valence-corrected chi connectivity index (χ0v) is 17.3. The molecule has 4 heterocycles. The second-order valence-corrected chi connectivity index (χ2v) is 7.94. The second kappa shape index (κ2) is 8.32. The van der Waals surface area contributed by atoms with Gasteiger partial charge in [-0.05, 0) is 36.4 Å².